The van der Waals surface area contributed by atoms with Gasteiger partial charge in [0, 0.05) is 18.4 Å². The van der Waals surface area contributed by atoms with E-state index >= 15 is 0 Å². The third kappa shape index (κ3) is 1.55. The Bertz CT molecular complexity index is 414. The van der Waals surface area contributed by atoms with E-state index in [1.54, 1.807) is 12.1 Å². The fraction of sp³-hybridized carbons (Fsp3) is 0.167. The maximum Gasteiger partial charge on any atom is 0.123 e. The Morgan fingerprint density at radius 2 is 1.86 bits per heavy atom. The van der Waals surface area contributed by atoms with E-state index < -0.39 is 0 Å². The second kappa shape index (κ2) is 3.66. The van der Waals surface area contributed by atoms with Crippen molar-refractivity contribution in [1.29, 1.82) is 0 Å². The van der Waals surface area contributed by atoms with E-state index in [0.717, 1.165) is 17.8 Å². The molecule has 0 aliphatic heterocycles. The zero-order chi connectivity index (χ0) is 9.97. The lowest BCUT2D eigenvalue weighted by Gasteiger charge is -2.05. The van der Waals surface area contributed by atoms with Gasteiger partial charge < -0.3 is 4.57 Å². The molecule has 1 aromatic carbocycles. The van der Waals surface area contributed by atoms with Gasteiger partial charge in [-0.3, -0.25) is 0 Å². The highest BCUT2D eigenvalue weighted by atomic mass is 19.1. The highest BCUT2D eigenvalue weighted by molar-refractivity contribution is 5.59. The SMILES string of the molecule is CCn1cccc1-c1ccc(F)cc1. The molecule has 0 fully saturated rings. The molecular formula is C12H12FN. The van der Waals surface area contributed by atoms with Crippen LogP contribution in [0.3, 0.4) is 0 Å². The average Bonchev–Trinajstić information content (AvgIpc) is 2.67. The fourth-order valence-electron chi connectivity index (χ4n) is 1.57. The smallest absolute Gasteiger partial charge is 0.123 e. The summed E-state index contributed by atoms with van der Waals surface area (Å²) in [7, 11) is 0. The van der Waals surface area contributed by atoms with Gasteiger partial charge in [-0.25, -0.2) is 4.39 Å². The molecule has 1 aromatic heterocycles. The van der Waals surface area contributed by atoms with Gasteiger partial charge in [-0.05, 0) is 48.9 Å². The molecular weight excluding hydrogens is 177 g/mol. The van der Waals surface area contributed by atoms with Gasteiger partial charge in [-0.1, -0.05) is 0 Å². The standard InChI is InChI=1S/C12H12FN/c1-2-14-9-3-4-12(14)10-5-7-11(13)8-6-10/h3-9H,2H2,1H3. The first-order valence-electron chi connectivity index (χ1n) is 4.72. The monoisotopic (exact) mass is 189 g/mol. The normalized spacial score (nSPS) is 10.4. The van der Waals surface area contributed by atoms with Crippen molar-refractivity contribution >= 4 is 0 Å². The molecule has 14 heavy (non-hydrogen) atoms. The third-order valence-corrected chi connectivity index (χ3v) is 2.31. The summed E-state index contributed by atoms with van der Waals surface area (Å²) in [6.07, 6.45) is 2.03. The van der Waals surface area contributed by atoms with Gasteiger partial charge in [0.15, 0.2) is 0 Å². The van der Waals surface area contributed by atoms with Crippen molar-refractivity contribution in [3.63, 3.8) is 0 Å². The molecule has 0 amide bonds. The maximum atomic E-state index is 12.7. The number of hydrogen-bond acceptors (Lipinski definition) is 0. The highest BCUT2D eigenvalue weighted by Gasteiger charge is 2.01. The molecule has 0 unspecified atom stereocenters. The lowest BCUT2D eigenvalue weighted by Crippen LogP contribution is -1.94. The molecule has 2 aromatic rings. The minimum Gasteiger partial charge on any atom is -0.348 e. The molecule has 0 atom stereocenters. The van der Waals surface area contributed by atoms with Gasteiger partial charge in [0.2, 0.25) is 0 Å². The van der Waals surface area contributed by atoms with Crippen molar-refractivity contribution in [2.24, 2.45) is 0 Å². The van der Waals surface area contributed by atoms with Crippen LogP contribution >= 0.6 is 0 Å². The first kappa shape index (κ1) is 9.00. The van der Waals surface area contributed by atoms with Crippen LogP contribution in [0.15, 0.2) is 42.6 Å². The van der Waals surface area contributed by atoms with Crippen LogP contribution < -0.4 is 0 Å². The predicted molar refractivity (Wildman–Crippen MR) is 55.5 cm³/mol. The zero-order valence-electron chi connectivity index (χ0n) is 8.07. The molecule has 0 bridgehead atoms. The second-order valence-corrected chi connectivity index (χ2v) is 3.19. The molecule has 0 saturated heterocycles. The largest absolute Gasteiger partial charge is 0.348 e. The zero-order valence-corrected chi connectivity index (χ0v) is 8.07. The van der Waals surface area contributed by atoms with Crippen LogP contribution in [0.4, 0.5) is 4.39 Å². The Hall–Kier alpha value is -1.57. The molecule has 0 radical (unpaired) electrons. The minimum absolute atomic E-state index is 0.191. The summed E-state index contributed by atoms with van der Waals surface area (Å²) in [6, 6.07) is 10.6. The van der Waals surface area contributed by atoms with E-state index in [1.807, 2.05) is 18.3 Å². The topological polar surface area (TPSA) is 4.93 Å². The molecule has 0 aliphatic rings. The van der Waals surface area contributed by atoms with Crippen molar-refractivity contribution in [1.82, 2.24) is 4.57 Å². The van der Waals surface area contributed by atoms with E-state index in [0.29, 0.717) is 0 Å². The van der Waals surface area contributed by atoms with Gasteiger partial charge in [-0.15, -0.1) is 0 Å². The van der Waals surface area contributed by atoms with E-state index in [9.17, 15) is 4.39 Å². The lowest BCUT2D eigenvalue weighted by atomic mass is 10.1. The first-order chi connectivity index (χ1) is 6.81. The van der Waals surface area contributed by atoms with Crippen LogP contribution in [0, 0.1) is 5.82 Å². The second-order valence-electron chi connectivity index (χ2n) is 3.19. The Morgan fingerprint density at radius 3 is 2.50 bits per heavy atom. The Balaban J connectivity index is 2.44. The summed E-state index contributed by atoms with van der Waals surface area (Å²) in [5, 5.41) is 0. The van der Waals surface area contributed by atoms with Gasteiger partial charge in [0.05, 0.1) is 0 Å². The Morgan fingerprint density at radius 1 is 1.14 bits per heavy atom. The van der Waals surface area contributed by atoms with Gasteiger partial charge >= 0.3 is 0 Å². The van der Waals surface area contributed by atoms with E-state index in [4.69, 9.17) is 0 Å². The summed E-state index contributed by atoms with van der Waals surface area (Å²) in [5.74, 6) is -0.191. The molecule has 72 valence electrons. The number of aromatic nitrogens is 1. The van der Waals surface area contributed by atoms with Gasteiger partial charge in [-0.2, -0.15) is 0 Å². The number of nitrogens with zero attached hydrogens (tertiary/aromatic N) is 1. The predicted octanol–water partition coefficient (Wildman–Crippen LogP) is 3.31. The minimum atomic E-state index is -0.191. The van der Waals surface area contributed by atoms with Gasteiger partial charge in [0.25, 0.3) is 0 Å². The molecule has 0 spiro atoms. The third-order valence-electron chi connectivity index (χ3n) is 2.31. The first-order valence-corrected chi connectivity index (χ1v) is 4.72. The number of benzene rings is 1. The van der Waals surface area contributed by atoms with Crippen LogP contribution in [0.1, 0.15) is 6.92 Å². The quantitative estimate of drug-likeness (QED) is 0.683. The summed E-state index contributed by atoms with van der Waals surface area (Å²) in [5.41, 5.74) is 2.19. The van der Waals surface area contributed by atoms with E-state index in [2.05, 4.69) is 11.5 Å². The number of halogens is 1. The highest BCUT2D eigenvalue weighted by Crippen LogP contribution is 2.20. The molecule has 0 aliphatic carbocycles. The number of hydrogen-bond donors (Lipinski definition) is 0. The lowest BCUT2D eigenvalue weighted by molar-refractivity contribution is 0.628. The van der Waals surface area contributed by atoms with Crippen LogP contribution in [0.2, 0.25) is 0 Å². The van der Waals surface area contributed by atoms with E-state index in [-0.39, 0.29) is 5.82 Å². The van der Waals surface area contributed by atoms with Gasteiger partial charge in [0.1, 0.15) is 5.82 Å². The molecule has 2 rings (SSSR count). The van der Waals surface area contributed by atoms with Crippen LogP contribution in [-0.2, 0) is 6.54 Å². The Kier molecular flexibility index (Phi) is 2.35. The van der Waals surface area contributed by atoms with E-state index in [1.165, 1.54) is 12.1 Å². The van der Waals surface area contributed by atoms with Crippen molar-refractivity contribution in [2.75, 3.05) is 0 Å². The summed E-state index contributed by atoms with van der Waals surface area (Å²) in [6.45, 7) is 3.02. The summed E-state index contributed by atoms with van der Waals surface area (Å²) >= 11 is 0. The van der Waals surface area contributed by atoms with Crippen LogP contribution in [-0.4, -0.2) is 4.57 Å². The average molecular weight is 189 g/mol. The van der Waals surface area contributed by atoms with Crippen LogP contribution in [0.25, 0.3) is 11.3 Å². The molecule has 1 nitrogen and oxygen atoms in total. The van der Waals surface area contributed by atoms with Crippen LogP contribution in [0.5, 0.6) is 0 Å². The van der Waals surface area contributed by atoms with Crippen molar-refractivity contribution < 1.29 is 4.39 Å². The Labute approximate surface area is 82.8 Å². The number of aryl methyl sites for hydroxylation is 1. The maximum absolute atomic E-state index is 12.7. The van der Waals surface area contributed by atoms with Crippen molar-refractivity contribution in [2.45, 2.75) is 13.5 Å². The molecule has 1 heterocycles. The van der Waals surface area contributed by atoms with Crippen molar-refractivity contribution in [3.05, 3.63) is 48.4 Å². The number of rotatable bonds is 2. The summed E-state index contributed by atoms with van der Waals surface area (Å²) < 4.78 is 14.8. The molecule has 2 heteroatoms. The summed E-state index contributed by atoms with van der Waals surface area (Å²) in [4.78, 5) is 0. The molecule has 0 N–H and O–H groups in total. The van der Waals surface area contributed by atoms with Crippen molar-refractivity contribution in [3.8, 4) is 11.3 Å². The fourth-order valence-corrected chi connectivity index (χ4v) is 1.57. The molecule has 0 saturated carbocycles.